The number of hydrogen-bond donors (Lipinski definition) is 3. The van der Waals surface area contributed by atoms with Crippen LogP contribution in [-0.4, -0.2) is 13.1 Å². The van der Waals surface area contributed by atoms with Gasteiger partial charge in [0, 0.05) is 17.4 Å². The van der Waals surface area contributed by atoms with E-state index in [1.807, 2.05) is 36.4 Å². The van der Waals surface area contributed by atoms with E-state index < -0.39 is 0 Å². The molecule has 0 aliphatic heterocycles. The summed E-state index contributed by atoms with van der Waals surface area (Å²) in [6.45, 7) is 0. The second kappa shape index (κ2) is 5.87. The molecule has 0 heterocycles. The Morgan fingerprint density at radius 1 is 1.10 bits per heavy atom. The first-order valence-corrected chi connectivity index (χ1v) is 7.13. The number of aryl methyl sites for hydroxylation is 1. The van der Waals surface area contributed by atoms with Crippen LogP contribution >= 0.6 is 0 Å². The first kappa shape index (κ1) is 13.5. The van der Waals surface area contributed by atoms with Crippen LogP contribution in [0, 0.1) is 5.41 Å². The Morgan fingerprint density at radius 2 is 1.95 bits per heavy atom. The van der Waals surface area contributed by atoms with Crippen LogP contribution in [0.1, 0.15) is 17.5 Å². The highest BCUT2D eigenvalue weighted by Crippen LogP contribution is 2.28. The number of methoxy groups -OCH3 is 1. The van der Waals surface area contributed by atoms with E-state index in [1.165, 1.54) is 17.5 Å². The van der Waals surface area contributed by atoms with Gasteiger partial charge >= 0.3 is 0 Å². The van der Waals surface area contributed by atoms with E-state index in [0.29, 0.717) is 0 Å². The lowest BCUT2D eigenvalue weighted by Gasteiger charge is -2.14. The van der Waals surface area contributed by atoms with Crippen LogP contribution in [0.4, 0.5) is 11.4 Å². The van der Waals surface area contributed by atoms with Crippen molar-refractivity contribution in [1.82, 2.24) is 0 Å². The van der Waals surface area contributed by atoms with Gasteiger partial charge in [-0.2, -0.15) is 0 Å². The van der Waals surface area contributed by atoms with Crippen molar-refractivity contribution in [2.24, 2.45) is 0 Å². The molecule has 0 saturated carbocycles. The van der Waals surface area contributed by atoms with E-state index in [1.54, 1.807) is 7.11 Å². The largest absolute Gasteiger partial charge is 0.497 e. The summed E-state index contributed by atoms with van der Waals surface area (Å²) in [4.78, 5) is 0. The van der Waals surface area contributed by atoms with E-state index >= 15 is 0 Å². The zero-order valence-corrected chi connectivity index (χ0v) is 12.1. The van der Waals surface area contributed by atoms with E-state index in [0.717, 1.165) is 30.0 Å². The van der Waals surface area contributed by atoms with Gasteiger partial charge in [-0.3, -0.25) is 5.41 Å². The van der Waals surface area contributed by atoms with Crippen molar-refractivity contribution in [3.05, 3.63) is 53.6 Å². The molecule has 0 aromatic heterocycles. The normalized spacial score (nSPS) is 12.6. The number of ether oxygens (including phenoxy) is 1. The molecule has 0 spiro atoms. The molecule has 2 aromatic carbocycles. The summed E-state index contributed by atoms with van der Waals surface area (Å²) < 4.78 is 5.18. The highest BCUT2D eigenvalue weighted by Gasteiger charge is 2.14. The Labute approximate surface area is 124 Å². The van der Waals surface area contributed by atoms with Crippen molar-refractivity contribution < 1.29 is 4.74 Å². The Hall–Kier alpha value is -2.49. The molecule has 0 saturated heterocycles. The lowest BCUT2D eigenvalue weighted by molar-refractivity contribution is 0.415. The zero-order chi connectivity index (χ0) is 14.7. The van der Waals surface area contributed by atoms with Crippen molar-refractivity contribution in [2.75, 3.05) is 17.7 Å². The monoisotopic (exact) mass is 281 g/mol. The SMILES string of the molecule is COc1cccc(NC(=N)Nc2cccc3c2CCC3)c1. The third kappa shape index (κ3) is 2.99. The van der Waals surface area contributed by atoms with E-state index in [-0.39, 0.29) is 5.96 Å². The molecular weight excluding hydrogens is 262 g/mol. The Kier molecular flexibility index (Phi) is 3.77. The fourth-order valence-corrected chi connectivity index (χ4v) is 2.75. The van der Waals surface area contributed by atoms with Gasteiger partial charge in [-0.25, -0.2) is 0 Å². The highest BCUT2D eigenvalue weighted by atomic mass is 16.5. The molecule has 0 amide bonds. The Bertz CT molecular complexity index is 667. The van der Waals surface area contributed by atoms with Crippen LogP contribution in [0.3, 0.4) is 0 Å². The van der Waals surface area contributed by atoms with Crippen LogP contribution in [0.5, 0.6) is 5.75 Å². The maximum absolute atomic E-state index is 8.09. The highest BCUT2D eigenvalue weighted by molar-refractivity contribution is 6.02. The van der Waals surface area contributed by atoms with Crippen LogP contribution in [-0.2, 0) is 12.8 Å². The van der Waals surface area contributed by atoms with Gasteiger partial charge in [-0.15, -0.1) is 0 Å². The molecule has 0 bridgehead atoms. The predicted octanol–water partition coefficient (Wildman–Crippen LogP) is 3.64. The molecule has 1 aliphatic carbocycles. The van der Waals surface area contributed by atoms with Crippen molar-refractivity contribution >= 4 is 17.3 Å². The maximum Gasteiger partial charge on any atom is 0.197 e. The van der Waals surface area contributed by atoms with Crippen LogP contribution in [0.2, 0.25) is 0 Å². The molecule has 4 nitrogen and oxygen atoms in total. The lowest BCUT2D eigenvalue weighted by atomic mass is 10.1. The number of fused-ring (bicyclic) bond motifs is 1. The van der Waals surface area contributed by atoms with Crippen molar-refractivity contribution in [3.63, 3.8) is 0 Å². The van der Waals surface area contributed by atoms with E-state index in [4.69, 9.17) is 10.1 Å². The van der Waals surface area contributed by atoms with Gasteiger partial charge < -0.3 is 15.4 Å². The molecule has 0 radical (unpaired) electrons. The van der Waals surface area contributed by atoms with Gasteiger partial charge in [0.05, 0.1) is 7.11 Å². The number of anilines is 2. The minimum atomic E-state index is 0.267. The summed E-state index contributed by atoms with van der Waals surface area (Å²) in [5.41, 5.74) is 4.61. The van der Waals surface area contributed by atoms with E-state index in [2.05, 4.69) is 16.7 Å². The van der Waals surface area contributed by atoms with Crippen molar-refractivity contribution in [1.29, 1.82) is 5.41 Å². The second-order valence-corrected chi connectivity index (χ2v) is 5.15. The van der Waals surface area contributed by atoms with Crippen molar-refractivity contribution in [2.45, 2.75) is 19.3 Å². The summed E-state index contributed by atoms with van der Waals surface area (Å²) in [6.07, 6.45) is 3.43. The first-order chi connectivity index (χ1) is 10.3. The first-order valence-electron chi connectivity index (χ1n) is 7.13. The van der Waals surface area contributed by atoms with Crippen LogP contribution < -0.4 is 15.4 Å². The Morgan fingerprint density at radius 3 is 2.81 bits per heavy atom. The predicted molar refractivity (Wildman–Crippen MR) is 86.4 cm³/mol. The molecular formula is C17H19N3O. The molecule has 1 aliphatic rings. The summed E-state index contributed by atoms with van der Waals surface area (Å²) >= 11 is 0. The molecule has 0 fully saturated rings. The van der Waals surface area contributed by atoms with Crippen LogP contribution in [0.15, 0.2) is 42.5 Å². The molecule has 21 heavy (non-hydrogen) atoms. The maximum atomic E-state index is 8.09. The van der Waals surface area contributed by atoms with Gasteiger partial charge in [0.2, 0.25) is 0 Å². The summed E-state index contributed by atoms with van der Waals surface area (Å²) in [5, 5.41) is 14.3. The molecule has 3 rings (SSSR count). The topological polar surface area (TPSA) is 57.1 Å². The van der Waals surface area contributed by atoms with Gasteiger partial charge in [0.25, 0.3) is 0 Å². The zero-order valence-electron chi connectivity index (χ0n) is 12.1. The van der Waals surface area contributed by atoms with Gasteiger partial charge in [0.1, 0.15) is 5.75 Å². The third-order valence-electron chi connectivity index (χ3n) is 3.74. The lowest BCUT2D eigenvalue weighted by Crippen LogP contribution is -2.21. The number of hydrogen-bond acceptors (Lipinski definition) is 2. The molecule has 108 valence electrons. The van der Waals surface area contributed by atoms with Gasteiger partial charge in [0.15, 0.2) is 5.96 Å². The minimum absolute atomic E-state index is 0.267. The number of nitrogens with one attached hydrogen (secondary N) is 3. The molecule has 4 heteroatoms. The molecule has 3 N–H and O–H groups in total. The number of guanidine groups is 1. The molecule has 0 atom stereocenters. The average Bonchev–Trinajstić information content (AvgIpc) is 2.97. The van der Waals surface area contributed by atoms with Crippen LogP contribution in [0.25, 0.3) is 0 Å². The smallest absolute Gasteiger partial charge is 0.197 e. The third-order valence-corrected chi connectivity index (χ3v) is 3.74. The summed E-state index contributed by atoms with van der Waals surface area (Å²) in [7, 11) is 1.63. The second-order valence-electron chi connectivity index (χ2n) is 5.15. The fraction of sp³-hybridized carbons (Fsp3) is 0.235. The standard InChI is InChI=1S/C17H19N3O/c1-21-14-8-4-7-13(11-14)19-17(18)20-16-10-3-6-12-5-2-9-15(12)16/h3-4,6-8,10-11H,2,5,9H2,1H3,(H3,18,19,20). The molecule has 0 unspecified atom stereocenters. The van der Waals surface area contributed by atoms with Gasteiger partial charge in [-0.05, 0) is 48.6 Å². The summed E-state index contributed by atoms with van der Waals surface area (Å²) in [5.74, 6) is 1.04. The summed E-state index contributed by atoms with van der Waals surface area (Å²) in [6, 6.07) is 13.8. The molecule has 2 aromatic rings. The Balaban J connectivity index is 1.71. The number of benzene rings is 2. The van der Waals surface area contributed by atoms with E-state index in [9.17, 15) is 0 Å². The number of rotatable bonds is 3. The average molecular weight is 281 g/mol. The fourth-order valence-electron chi connectivity index (χ4n) is 2.75. The van der Waals surface area contributed by atoms with Crippen molar-refractivity contribution in [3.8, 4) is 5.75 Å². The minimum Gasteiger partial charge on any atom is -0.497 e. The van der Waals surface area contributed by atoms with Gasteiger partial charge in [-0.1, -0.05) is 18.2 Å². The quantitative estimate of drug-likeness (QED) is 0.594.